The number of pyridine rings is 1. The van der Waals surface area contributed by atoms with Crippen LogP contribution in [0.15, 0.2) is 35.1 Å². The van der Waals surface area contributed by atoms with Crippen LogP contribution in [0.5, 0.6) is 0 Å². The molecule has 140 valence electrons. The van der Waals surface area contributed by atoms with E-state index in [-0.39, 0.29) is 0 Å². The molecular formula is C21H25N5O. The Balaban J connectivity index is 1.44. The van der Waals surface area contributed by atoms with Gasteiger partial charge in [0.25, 0.3) is 0 Å². The zero-order valence-corrected chi connectivity index (χ0v) is 15.8. The molecule has 6 nitrogen and oxygen atoms in total. The molecule has 0 spiro atoms. The SMILES string of the molecule is Cc1ccc(-c2cnc(CC3CCCC3)o2)c(N2CCn3ccnc3C2)n1. The van der Waals surface area contributed by atoms with E-state index >= 15 is 0 Å². The lowest BCUT2D eigenvalue weighted by atomic mass is 10.0. The van der Waals surface area contributed by atoms with Crippen molar-refractivity contribution in [2.75, 3.05) is 11.4 Å². The molecule has 1 saturated carbocycles. The van der Waals surface area contributed by atoms with Crippen molar-refractivity contribution in [2.45, 2.75) is 52.1 Å². The third-order valence-electron chi connectivity index (χ3n) is 5.82. The van der Waals surface area contributed by atoms with Gasteiger partial charge in [0.2, 0.25) is 0 Å². The molecule has 1 aliphatic carbocycles. The molecule has 0 amide bonds. The summed E-state index contributed by atoms with van der Waals surface area (Å²) in [4.78, 5) is 16.2. The first-order chi connectivity index (χ1) is 13.3. The summed E-state index contributed by atoms with van der Waals surface area (Å²) in [5.41, 5.74) is 2.03. The van der Waals surface area contributed by atoms with Crippen molar-refractivity contribution in [2.24, 2.45) is 5.92 Å². The Labute approximate surface area is 159 Å². The van der Waals surface area contributed by atoms with Crippen molar-refractivity contribution in [3.05, 3.63) is 48.1 Å². The molecule has 0 unspecified atom stereocenters. The normalized spacial score (nSPS) is 17.4. The summed E-state index contributed by atoms with van der Waals surface area (Å²) in [7, 11) is 0. The number of oxazole rings is 1. The summed E-state index contributed by atoms with van der Waals surface area (Å²) < 4.78 is 8.37. The van der Waals surface area contributed by atoms with Gasteiger partial charge >= 0.3 is 0 Å². The summed E-state index contributed by atoms with van der Waals surface area (Å²) >= 11 is 0. The fourth-order valence-electron chi connectivity index (χ4n) is 4.32. The Morgan fingerprint density at radius 3 is 2.93 bits per heavy atom. The minimum atomic E-state index is 0.730. The molecule has 6 heteroatoms. The van der Waals surface area contributed by atoms with E-state index in [1.165, 1.54) is 25.7 Å². The fraction of sp³-hybridized carbons (Fsp3) is 0.476. The monoisotopic (exact) mass is 363 g/mol. The molecule has 0 atom stereocenters. The van der Waals surface area contributed by atoms with Gasteiger partial charge in [0.15, 0.2) is 11.7 Å². The topological polar surface area (TPSA) is 60.0 Å². The van der Waals surface area contributed by atoms with Crippen LogP contribution in [0.4, 0.5) is 5.82 Å². The molecule has 0 radical (unpaired) electrons. The maximum Gasteiger partial charge on any atom is 0.195 e. The summed E-state index contributed by atoms with van der Waals surface area (Å²) in [5.74, 6) is 4.45. The lowest BCUT2D eigenvalue weighted by molar-refractivity contribution is 0.437. The standard InChI is InChI=1S/C21H25N5O/c1-15-6-7-17(18-13-23-20(27-18)12-16-4-2-3-5-16)21(24-15)26-11-10-25-9-8-22-19(25)14-26/h6-9,13,16H,2-5,10-12,14H2,1H3. The van der Waals surface area contributed by atoms with Crippen LogP contribution in [-0.4, -0.2) is 26.1 Å². The van der Waals surface area contributed by atoms with Crippen molar-refractivity contribution in [3.8, 4) is 11.3 Å². The zero-order chi connectivity index (χ0) is 18.2. The maximum atomic E-state index is 6.16. The highest BCUT2D eigenvalue weighted by atomic mass is 16.4. The summed E-state index contributed by atoms with van der Waals surface area (Å²) in [6, 6.07) is 4.15. The molecule has 5 rings (SSSR count). The average Bonchev–Trinajstić information content (AvgIpc) is 3.43. The van der Waals surface area contributed by atoms with Crippen LogP contribution in [-0.2, 0) is 19.5 Å². The van der Waals surface area contributed by atoms with Gasteiger partial charge in [0, 0.05) is 37.6 Å². The number of imidazole rings is 1. The van der Waals surface area contributed by atoms with Crippen LogP contribution in [0.25, 0.3) is 11.3 Å². The third-order valence-corrected chi connectivity index (χ3v) is 5.82. The van der Waals surface area contributed by atoms with Crippen LogP contribution in [0.2, 0.25) is 0 Å². The second-order valence-electron chi connectivity index (χ2n) is 7.76. The number of aryl methyl sites for hydroxylation is 1. The van der Waals surface area contributed by atoms with Gasteiger partial charge < -0.3 is 13.9 Å². The molecular weight excluding hydrogens is 338 g/mol. The predicted octanol–water partition coefficient (Wildman–Crippen LogP) is 3.99. The zero-order valence-electron chi connectivity index (χ0n) is 15.8. The van der Waals surface area contributed by atoms with Gasteiger partial charge in [-0.05, 0) is 37.8 Å². The smallest absolute Gasteiger partial charge is 0.195 e. The number of nitrogens with zero attached hydrogens (tertiary/aromatic N) is 5. The number of fused-ring (bicyclic) bond motifs is 1. The largest absolute Gasteiger partial charge is 0.441 e. The van der Waals surface area contributed by atoms with E-state index in [0.29, 0.717) is 0 Å². The van der Waals surface area contributed by atoms with Crippen LogP contribution < -0.4 is 4.90 Å². The van der Waals surface area contributed by atoms with Gasteiger partial charge in [-0.15, -0.1) is 0 Å². The number of aromatic nitrogens is 4. The molecule has 0 N–H and O–H groups in total. The molecule has 3 aromatic rings. The van der Waals surface area contributed by atoms with E-state index in [1.54, 1.807) is 0 Å². The predicted molar refractivity (Wildman–Crippen MR) is 103 cm³/mol. The Hall–Kier alpha value is -2.63. The number of anilines is 1. The van der Waals surface area contributed by atoms with E-state index in [9.17, 15) is 0 Å². The van der Waals surface area contributed by atoms with Crippen molar-refractivity contribution in [1.29, 1.82) is 0 Å². The van der Waals surface area contributed by atoms with Crippen molar-refractivity contribution >= 4 is 5.82 Å². The highest BCUT2D eigenvalue weighted by Gasteiger charge is 2.23. The van der Waals surface area contributed by atoms with Gasteiger partial charge in [-0.2, -0.15) is 0 Å². The maximum absolute atomic E-state index is 6.16. The van der Waals surface area contributed by atoms with E-state index in [0.717, 1.165) is 66.5 Å². The molecule has 27 heavy (non-hydrogen) atoms. The van der Waals surface area contributed by atoms with Gasteiger partial charge in [0.1, 0.15) is 11.6 Å². The van der Waals surface area contributed by atoms with Crippen LogP contribution in [0.3, 0.4) is 0 Å². The van der Waals surface area contributed by atoms with Crippen LogP contribution >= 0.6 is 0 Å². The number of rotatable bonds is 4. The number of hydrogen-bond acceptors (Lipinski definition) is 5. The Kier molecular flexibility index (Phi) is 4.19. The fourth-order valence-corrected chi connectivity index (χ4v) is 4.32. The first-order valence-corrected chi connectivity index (χ1v) is 9.94. The van der Waals surface area contributed by atoms with Crippen molar-refractivity contribution < 1.29 is 4.42 Å². The quantitative estimate of drug-likeness (QED) is 0.701. The molecule has 4 heterocycles. The molecule has 0 saturated heterocycles. The van der Waals surface area contributed by atoms with Crippen molar-refractivity contribution in [1.82, 2.24) is 19.5 Å². The Morgan fingerprint density at radius 2 is 2.04 bits per heavy atom. The van der Waals surface area contributed by atoms with Gasteiger partial charge in [-0.25, -0.2) is 15.0 Å². The highest BCUT2D eigenvalue weighted by molar-refractivity contribution is 5.72. The third kappa shape index (κ3) is 3.24. The molecule has 1 aliphatic heterocycles. The second kappa shape index (κ2) is 6.83. The van der Waals surface area contributed by atoms with E-state index in [2.05, 4.69) is 25.5 Å². The van der Waals surface area contributed by atoms with E-state index < -0.39 is 0 Å². The number of hydrogen-bond donors (Lipinski definition) is 0. The lowest BCUT2D eigenvalue weighted by Crippen LogP contribution is -2.34. The summed E-state index contributed by atoms with van der Waals surface area (Å²) in [6.07, 6.45) is 12.0. The van der Waals surface area contributed by atoms with E-state index in [1.807, 2.05) is 31.6 Å². The Morgan fingerprint density at radius 1 is 1.15 bits per heavy atom. The van der Waals surface area contributed by atoms with Crippen LogP contribution in [0.1, 0.15) is 43.1 Å². The van der Waals surface area contributed by atoms with Gasteiger partial charge in [-0.1, -0.05) is 12.8 Å². The van der Waals surface area contributed by atoms with Gasteiger partial charge in [0.05, 0.1) is 18.3 Å². The van der Waals surface area contributed by atoms with Crippen molar-refractivity contribution in [3.63, 3.8) is 0 Å². The van der Waals surface area contributed by atoms with Gasteiger partial charge in [-0.3, -0.25) is 0 Å². The van der Waals surface area contributed by atoms with E-state index in [4.69, 9.17) is 9.40 Å². The Bertz CT molecular complexity index is 938. The highest BCUT2D eigenvalue weighted by Crippen LogP contribution is 2.33. The minimum absolute atomic E-state index is 0.730. The first-order valence-electron chi connectivity index (χ1n) is 9.94. The molecule has 2 aliphatic rings. The first kappa shape index (κ1) is 16.5. The van der Waals surface area contributed by atoms with Crippen LogP contribution in [0, 0.1) is 12.8 Å². The molecule has 1 fully saturated rings. The summed E-state index contributed by atoms with van der Waals surface area (Å²) in [6.45, 7) is 4.63. The molecule has 3 aromatic heterocycles. The molecule has 0 bridgehead atoms. The second-order valence-corrected chi connectivity index (χ2v) is 7.76. The lowest BCUT2D eigenvalue weighted by Gasteiger charge is -2.30. The molecule has 0 aromatic carbocycles. The summed E-state index contributed by atoms with van der Waals surface area (Å²) in [5, 5.41) is 0. The average molecular weight is 363 g/mol. The minimum Gasteiger partial charge on any atom is -0.441 e.